The van der Waals surface area contributed by atoms with Crippen LogP contribution in [0.15, 0.2) is 27.7 Å². The van der Waals surface area contributed by atoms with E-state index < -0.39 is 0 Å². The van der Waals surface area contributed by atoms with E-state index in [2.05, 4.69) is 25.8 Å². The molecular weight excluding hydrogens is 349 g/mol. The molecule has 146 valence electrons. The van der Waals surface area contributed by atoms with Crippen molar-refractivity contribution < 1.29 is 13.7 Å². The number of aryl methyl sites for hydroxylation is 1. The van der Waals surface area contributed by atoms with E-state index in [9.17, 15) is 4.39 Å². The molecule has 1 aromatic carbocycles. The maximum Gasteiger partial charge on any atom is 0.228 e. The standard InChI is InChI=1S/C19H26FN5O2/c1-12(15-6-7-17(16(20)10-15)26-11-14-4-5-14)23-19(21-3)22-9-8-18-24-13(2)25-27-18/h6-7,10,12,14H,4-5,8-9,11H2,1-3H3,(H2,21,22,23). The molecule has 0 spiro atoms. The number of halogens is 1. The summed E-state index contributed by atoms with van der Waals surface area (Å²) in [5.74, 6) is 2.38. The number of nitrogens with one attached hydrogen (secondary N) is 2. The van der Waals surface area contributed by atoms with Gasteiger partial charge in [-0.15, -0.1) is 0 Å². The summed E-state index contributed by atoms with van der Waals surface area (Å²) in [6.45, 7) is 4.92. The Morgan fingerprint density at radius 2 is 2.26 bits per heavy atom. The second kappa shape index (κ2) is 8.83. The van der Waals surface area contributed by atoms with Gasteiger partial charge in [-0.2, -0.15) is 4.98 Å². The van der Waals surface area contributed by atoms with Crippen molar-refractivity contribution >= 4 is 5.96 Å². The average molecular weight is 375 g/mol. The van der Waals surface area contributed by atoms with Crippen molar-refractivity contribution in [1.29, 1.82) is 0 Å². The summed E-state index contributed by atoms with van der Waals surface area (Å²) >= 11 is 0. The minimum Gasteiger partial charge on any atom is -0.490 e. The minimum absolute atomic E-state index is 0.117. The summed E-state index contributed by atoms with van der Waals surface area (Å²) in [7, 11) is 1.69. The zero-order chi connectivity index (χ0) is 19.2. The SMILES string of the molecule is CN=C(NCCc1nc(C)no1)NC(C)c1ccc(OCC2CC2)c(F)c1. The van der Waals surface area contributed by atoms with Crippen molar-refractivity contribution in [2.75, 3.05) is 20.2 Å². The lowest BCUT2D eigenvalue weighted by molar-refractivity contribution is 0.285. The summed E-state index contributed by atoms with van der Waals surface area (Å²) in [6, 6.07) is 4.96. The first kappa shape index (κ1) is 19.1. The Hall–Kier alpha value is -2.64. The van der Waals surface area contributed by atoms with Crippen LogP contribution < -0.4 is 15.4 Å². The lowest BCUT2D eigenvalue weighted by atomic mass is 10.1. The number of hydrogen-bond acceptors (Lipinski definition) is 5. The van der Waals surface area contributed by atoms with Gasteiger partial charge in [0, 0.05) is 20.0 Å². The molecule has 0 bridgehead atoms. The van der Waals surface area contributed by atoms with Gasteiger partial charge in [0.05, 0.1) is 12.6 Å². The van der Waals surface area contributed by atoms with E-state index in [-0.39, 0.29) is 11.9 Å². The molecule has 2 aromatic rings. The van der Waals surface area contributed by atoms with E-state index in [1.807, 2.05) is 13.0 Å². The third-order valence-electron chi connectivity index (χ3n) is 4.41. The minimum atomic E-state index is -0.337. The van der Waals surface area contributed by atoms with Crippen molar-refractivity contribution in [3.63, 3.8) is 0 Å². The third kappa shape index (κ3) is 5.67. The summed E-state index contributed by atoms with van der Waals surface area (Å²) in [5.41, 5.74) is 0.821. The maximum absolute atomic E-state index is 14.3. The number of guanidine groups is 1. The molecule has 1 aliphatic carbocycles. The van der Waals surface area contributed by atoms with Crippen LogP contribution >= 0.6 is 0 Å². The Morgan fingerprint density at radius 1 is 1.44 bits per heavy atom. The van der Waals surface area contributed by atoms with Gasteiger partial charge in [-0.1, -0.05) is 11.2 Å². The van der Waals surface area contributed by atoms with E-state index in [1.54, 1.807) is 20.0 Å². The van der Waals surface area contributed by atoms with E-state index in [4.69, 9.17) is 9.26 Å². The molecular formula is C19H26FN5O2. The number of benzene rings is 1. The highest BCUT2D eigenvalue weighted by Crippen LogP contribution is 2.30. The average Bonchev–Trinajstić information content (AvgIpc) is 3.40. The molecule has 27 heavy (non-hydrogen) atoms. The molecule has 1 heterocycles. The Labute approximate surface area is 158 Å². The molecule has 1 saturated carbocycles. The summed E-state index contributed by atoms with van der Waals surface area (Å²) in [4.78, 5) is 8.35. The normalized spacial score (nSPS) is 15.5. The molecule has 1 unspecified atom stereocenters. The first-order chi connectivity index (χ1) is 13.0. The number of hydrogen-bond donors (Lipinski definition) is 2. The summed E-state index contributed by atoms with van der Waals surface area (Å²) in [5, 5.41) is 10.2. The van der Waals surface area contributed by atoms with Crippen LogP contribution in [-0.2, 0) is 6.42 Å². The second-order valence-electron chi connectivity index (χ2n) is 6.79. The summed E-state index contributed by atoms with van der Waals surface area (Å²) < 4.78 is 24.9. The smallest absolute Gasteiger partial charge is 0.228 e. The highest BCUT2D eigenvalue weighted by Gasteiger charge is 2.22. The van der Waals surface area contributed by atoms with E-state index >= 15 is 0 Å². The van der Waals surface area contributed by atoms with Crippen molar-refractivity contribution in [2.45, 2.75) is 39.2 Å². The van der Waals surface area contributed by atoms with Crippen LogP contribution in [0.1, 0.15) is 43.1 Å². The first-order valence-electron chi connectivity index (χ1n) is 9.23. The second-order valence-corrected chi connectivity index (χ2v) is 6.79. The van der Waals surface area contributed by atoms with Crippen LogP contribution in [0, 0.1) is 18.7 Å². The van der Waals surface area contributed by atoms with Gasteiger partial charge in [0.25, 0.3) is 0 Å². The molecule has 0 amide bonds. The highest BCUT2D eigenvalue weighted by molar-refractivity contribution is 5.80. The maximum atomic E-state index is 14.3. The Morgan fingerprint density at radius 3 is 2.89 bits per heavy atom. The van der Waals surface area contributed by atoms with Crippen LogP contribution in [-0.4, -0.2) is 36.3 Å². The fourth-order valence-corrected chi connectivity index (χ4v) is 2.61. The molecule has 3 rings (SSSR count). The van der Waals surface area contributed by atoms with Gasteiger partial charge < -0.3 is 19.9 Å². The van der Waals surface area contributed by atoms with Crippen LogP contribution in [0.5, 0.6) is 5.75 Å². The lowest BCUT2D eigenvalue weighted by Gasteiger charge is -2.18. The zero-order valence-corrected chi connectivity index (χ0v) is 16.0. The van der Waals surface area contributed by atoms with Gasteiger partial charge in [0.2, 0.25) is 5.89 Å². The Kier molecular flexibility index (Phi) is 6.26. The molecule has 1 aliphatic rings. The molecule has 1 fully saturated rings. The molecule has 2 N–H and O–H groups in total. The zero-order valence-electron chi connectivity index (χ0n) is 16.0. The molecule has 0 aliphatic heterocycles. The van der Waals surface area contributed by atoms with Gasteiger partial charge in [-0.3, -0.25) is 4.99 Å². The Balaban J connectivity index is 1.49. The first-order valence-corrected chi connectivity index (χ1v) is 9.23. The monoisotopic (exact) mass is 375 g/mol. The van der Waals surface area contributed by atoms with Crippen LogP contribution in [0.2, 0.25) is 0 Å². The fourth-order valence-electron chi connectivity index (χ4n) is 2.61. The van der Waals surface area contributed by atoms with Crippen molar-refractivity contribution in [3.05, 3.63) is 41.3 Å². The third-order valence-corrected chi connectivity index (χ3v) is 4.41. The number of rotatable bonds is 8. The van der Waals surface area contributed by atoms with Crippen LogP contribution in [0.4, 0.5) is 4.39 Å². The van der Waals surface area contributed by atoms with Crippen LogP contribution in [0.25, 0.3) is 0 Å². The lowest BCUT2D eigenvalue weighted by Crippen LogP contribution is -2.39. The van der Waals surface area contributed by atoms with Gasteiger partial charge in [-0.05, 0) is 50.3 Å². The largest absolute Gasteiger partial charge is 0.490 e. The van der Waals surface area contributed by atoms with Crippen LogP contribution in [0.3, 0.4) is 0 Å². The molecule has 8 heteroatoms. The van der Waals surface area contributed by atoms with Gasteiger partial charge >= 0.3 is 0 Å². The molecule has 7 nitrogen and oxygen atoms in total. The van der Waals surface area contributed by atoms with E-state index in [0.717, 1.165) is 5.56 Å². The number of aromatic nitrogens is 2. The molecule has 1 aromatic heterocycles. The molecule has 1 atom stereocenters. The van der Waals surface area contributed by atoms with Gasteiger partial charge in [0.1, 0.15) is 0 Å². The molecule has 0 saturated heterocycles. The number of nitrogens with zero attached hydrogens (tertiary/aromatic N) is 3. The Bertz CT molecular complexity index is 788. The van der Waals surface area contributed by atoms with Gasteiger partial charge in [0.15, 0.2) is 23.4 Å². The van der Waals surface area contributed by atoms with E-state index in [1.165, 1.54) is 18.9 Å². The number of ether oxygens (including phenoxy) is 1. The fraction of sp³-hybridized carbons (Fsp3) is 0.526. The van der Waals surface area contributed by atoms with Crippen molar-refractivity contribution in [2.24, 2.45) is 10.9 Å². The summed E-state index contributed by atoms with van der Waals surface area (Å²) in [6.07, 6.45) is 2.95. The quantitative estimate of drug-likeness (QED) is 0.545. The van der Waals surface area contributed by atoms with Crippen molar-refractivity contribution in [3.8, 4) is 5.75 Å². The highest BCUT2D eigenvalue weighted by atomic mass is 19.1. The van der Waals surface area contributed by atoms with E-state index in [0.29, 0.717) is 48.9 Å². The van der Waals surface area contributed by atoms with Crippen molar-refractivity contribution in [1.82, 2.24) is 20.8 Å². The van der Waals surface area contributed by atoms with Gasteiger partial charge in [-0.25, -0.2) is 4.39 Å². The molecule has 0 radical (unpaired) electrons. The predicted octanol–water partition coefficient (Wildman–Crippen LogP) is 2.77. The topological polar surface area (TPSA) is 84.6 Å². The number of aliphatic imine (C=N–C) groups is 1. The predicted molar refractivity (Wildman–Crippen MR) is 100 cm³/mol.